The summed E-state index contributed by atoms with van der Waals surface area (Å²) in [5.74, 6) is -0.940. The Morgan fingerprint density at radius 2 is 2.09 bits per heavy atom. The van der Waals surface area contributed by atoms with Crippen LogP contribution in [0.3, 0.4) is 0 Å². The minimum absolute atomic E-state index is 0.0194. The summed E-state index contributed by atoms with van der Waals surface area (Å²) in [5.41, 5.74) is 0.995. The van der Waals surface area contributed by atoms with Crippen molar-refractivity contribution in [2.75, 3.05) is 6.54 Å². The Kier molecular flexibility index (Phi) is 5.38. The smallest absolute Gasteiger partial charge is 0.256 e. The molecule has 2 N–H and O–H groups in total. The maximum atomic E-state index is 13.6. The van der Waals surface area contributed by atoms with Crippen molar-refractivity contribution in [2.45, 2.75) is 25.9 Å². The van der Waals surface area contributed by atoms with E-state index in [-0.39, 0.29) is 28.7 Å². The third-order valence-corrected chi connectivity index (χ3v) is 3.93. The van der Waals surface area contributed by atoms with Gasteiger partial charge in [0, 0.05) is 19.2 Å². The number of carbonyl (C=O) groups excluding carboxylic acids is 1. The molecule has 0 bridgehead atoms. The lowest BCUT2D eigenvalue weighted by molar-refractivity contribution is 0.0913. The maximum Gasteiger partial charge on any atom is 0.256 e. The molecular weight excluding hydrogens is 321 g/mol. The number of aliphatic hydroxyl groups is 1. The van der Waals surface area contributed by atoms with E-state index in [2.05, 4.69) is 10.4 Å². The average molecular weight is 340 g/mol. The van der Waals surface area contributed by atoms with E-state index in [1.165, 1.54) is 22.9 Å². The Hall–Kier alpha value is -1.92. The van der Waals surface area contributed by atoms with Crippen molar-refractivity contribution in [2.24, 2.45) is 7.05 Å². The van der Waals surface area contributed by atoms with E-state index in [1.807, 2.05) is 13.8 Å². The van der Waals surface area contributed by atoms with Crippen molar-refractivity contribution in [1.82, 2.24) is 15.1 Å². The molecule has 0 aliphatic rings. The number of aromatic nitrogens is 2. The Morgan fingerprint density at radius 3 is 2.70 bits per heavy atom. The topological polar surface area (TPSA) is 67.2 Å². The molecule has 2 aromatic rings. The highest BCUT2D eigenvalue weighted by Crippen LogP contribution is 2.25. The highest BCUT2D eigenvalue weighted by atomic mass is 35.5. The molecule has 1 heterocycles. The average Bonchev–Trinajstić information content (AvgIpc) is 2.81. The highest BCUT2D eigenvalue weighted by Gasteiger charge is 2.24. The molecule has 0 aliphatic heterocycles. The van der Waals surface area contributed by atoms with Gasteiger partial charge in [-0.3, -0.25) is 9.48 Å². The molecule has 2 rings (SSSR count). The molecule has 0 radical (unpaired) electrons. The highest BCUT2D eigenvalue weighted by molar-refractivity contribution is 6.33. The normalized spacial score (nSPS) is 12.5. The Balaban J connectivity index is 2.13. The minimum Gasteiger partial charge on any atom is -0.386 e. The number of nitrogens with one attached hydrogen (secondary N) is 1. The lowest BCUT2D eigenvalue weighted by Gasteiger charge is -2.13. The van der Waals surface area contributed by atoms with Gasteiger partial charge in [0.05, 0.1) is 17.4 Å². The zero-order chi connectivity index (χ0) is 17.1. The lowest BCUT2D eigenvalue weighted by atomic mass is 10.1. The van der Waals surface area contributed by atoms with Crippen LogP contribution in [0.15, 0.2) is 24.3 Å². The van der Waals surface area contributed by atoms with E-state index in [9.17, 15) is 14.3 Å². The van der Waals surface area contributed by atoms with Gasteiger partial charge >= 0.3 is 0 Å². The number of benzene rings is 1. The van der Waals surface area contributed by atoms with Crippen molar-refractivity contribution in [3.8, 4) is 0 Å². The fraction of sp³-hybridized carbons (Fsp3) is 0.375. The zero-order valence-electron chi connectivity index (χ0n) is 13.2. The van der Waals surface area contributed by atoms with E-state index in [1.54, 1.807) is 13.1 Å². The molecule has 0 fully saturated rings. The third kappa shape index (κ3) is 3.71. The Morgan fingerprint density at radius 1 is 1.43 bits per heavy atom. The van der Waals surface area contributed by atoms with Gasteiger partial charge in [-0.25, -0.2) is 4.39 Å². The molecule has 23 heavy (non-hydrogen) atoms. The van der Waals surface area contributed by atoms with Gasteiger partial charge in [-0.2, -0.15) is 5.10 Å². The molecule has 1 aromatic heterocycles. The van der Waals surface area contributed by atoms with Gasteiger partial charge in [0.1, 0.15) is 11.0 Å². The van der Waals surface area contributed by atoms with Crippen molar-refractivity contribution in [1.29, 1.82) is 0 Å². The van der Waals surface area contributed by atoms with Gasteiger partial charge < -0.3 is 10.4 Å². The summed E-state index contributed by atoms with van der Waals surface area (Å²) in [7, 11) is 1.65. The molecule has 1 aromatic carbocycles. The lowest BCUT2D eigenvalue weighted by Crippen LogP contribution is -2.29. The van der Waals surface area contributed by atoms with E-state index in [0.29, 0.717) is 5.69 Å². The number of amides is 1. The first-order chi connectivity index (χ1) is 10.8. The van der Waals surface area contributed by atoms with Gasteiger partial charge in [-0.1, -0.05) is 43.6 Å². The first kappa shape index (κ1) is 17.4. The summed E-state index contributed by atoms with van der Waals surface area (Å²) in [6, 6.07) is 5.89. The number of hydrogen-bond donors (Lipinski definition) is 2. The summed E-state index contributed by atoms with van der Waals surface area (Å²) in [6.07, 6.45) is -1.14. The summed E-state index contributed by atoms with van der Waals surface area (Å²) < 4.78 is 15.0. The Bertz CT molecular complexity index is 715. The maximum absolute atomic E-state index is 13.6. The second-order valence-electron chi connectivity index (χ2n) is 5.58. The zero-order valence-corrected chi connectivity index (χ0v) is 13.9. The number of rotatable bonds is 5. The van der Waals surface area contributed by atoms with Crippen molar-refractivity contribution in [3.63, 3.8) is 0 Å². The first-order valence-corrected chi connectivity index (χ1v) is 7.63. The van der Waals surface area contributed by atoms with Crippen LogP contribution < -0.4 is 5.32 Å². The summed E-state index contributed by atoms with van der Waals surface area (Å²) in [6.45, 7) is 3.69. The minimum atomic E-state index is -1.14. The molecule has 0 aliphatic carbocycles. The fourth-order valence-electron chi connectivity index (χ4n) is 2.27. The van der Waals surface area contributed by atoms with Gasteiger partial charge in [0.15, 0.2) is 0 Å². The number of halogens is 2. The van der Waals surface area contributed by atoms with Crippen LogP contribution in [0.25, 0.3) is 0 Å². The summed E-state index contributed by atoms with van der Waals surface area (Å²) in [4.78, 5) is 12.4. The van der Waals surface area contributed by atoms with Crippen LogP contribution >= 0.6 is 11.6 Å². The standard InChI is InChI=1S/C16H19ClFN3O2/c1-9(2)14-13(15(17)21(3)20-14)16(23)19-8-12(22)10-6-4-5-7-11(10)18/h4-7,9,12,22H,8H2,1-3H3,(H,19,23). The number of nitrogens with zero attached hydrogens (tertiary/aromatic N) is 2. The molecule has 0 spiro atoms. The van der Waals surface area contributed by atoms with Crippen molar-refractivity contribution < 1.29 is 14.3 Å². The molecule has 5 nitrogen and oxygen atoms in total. The molecule has 1 atom stereocenters. The largest absolute Gasteiger partial charge is 0.386 e. The molecule has 0 saturated heterocycles. The molecular formula is C16H19ClFN3O2. The number of aryl methyl sites for hydroxylation is 1. The second-order valence-corrected chi connectivity index (χ2v) is 5.93. The molecule has 7 heteroatoms. The Labute approximate surface area is 139 Å². The molecule has 124 valence electrons. The van der Waals surface area contributed by atoms with Crippen LogP contribution in [0, 0.1) is 5.82 Å². The van der Waals surface area contributed by atoms with E-state index in [0.717, 1.165) is 0 Å². The number of aliphatic hydroxyl groups excluding tert-OH is 1. The number of hydrogen-bond acceptors (Lipinski definition) is 3. The first-order valence-electron chi connectivity index (χ1n) is 7.26. The summed E-state index contributed by atoms with van der Waals surface area (Å²) in [5, 5.41) is 17.1. The van der Waals surface area contributed by atoms with Gasteiger partial charge in [-0.15, -0.1) is 0 Å². The van der Waals surface area contributed by atoms with E-state index >= 15 is 0 Å². The van der Waals surface area contributed by atoms with E-state index in [4.69, 9.17) is 11.6 Å². The summed E-state index contributed by atoms with van der Waals surface area (Å²) >= 11 is 6.13. The van der Waals surface area contributed by atoms with Gasteiger partial charge in [-0.05, 0) is 12.0 Å². The third-order valence-electron chi connectivity index (χ3n) is 3.50. The van der Waals surface area contributed by atoms with Gasteiger partial charge in [0.25, 0.3) is 5.91 Å². The monoisotopic (exact) mass is 339 g/mol. The molecule has 0 saturated carbocycles. The van der Waals surface area contributed by atoms with Crippen LogP contribution in [-0.2, 0) is 7.05 Å². The van der Waals surface area contributed by atoms with E-state index < -0.39 is 17.8 Å². The predicted octanol–water partition coefficient (Wildman–Crippen LogP) is 2.80. The van der Waals surface area contributed by atoms with Gasteiger partial charge in [0.2, 0.25) is 0 Å². The SMILES string of the molecule is CC(C)c1nn(C)c(Cl)c1C(=O)NCC(O)c1ccccc1F. The van der Waals surface area contributed by atoms with Crippen LogP contribution in [0.1, 0.15) is 47.5 Å². The second kappa shape index (κ2) is 7.10. The van der Waals surface area contributed by atoms with Crippen LogP contribution in [0.2, 0.25) is 5.15 Å². The fourth-order valence-corrected chi connectivity index (χ4v) is 2.49. The quantitative estimate of drug-likeness (QED) is 0.880. The van der Waals surface area contributed by atoms with Crippen molar-refractivity contribution >= 4 is 17.5 Å². The van der Waals surface area contributed by atoms with Crippen LogP contribution in [0.5, 0.6) is 0 Å². The molecule has 1 amide bonds. The van der Waals surface area contributed by atoms with Crippen LogP contribution in [0.4, 0.5) is 4.39 Å². The van der Waals surface area contributed by atoms with Crippen molar-refractivity contribution in [3.05, 3.63) is 52.1 Å². The van der Waals surface area contributed by atoms with Crippen LogP contribution in [-0.4, -0.2) is 27.3 Å². The molecule has 1 unspecified atom stereocenters. The number of carbonyl (C=O) groups is 1. The predicted molar refractivity (Wildman–Crippen MR) is 86.0 cm³/mol.